The highest BCUT2D eigenvalue weighted by Gasteiger charge is 2.25. The number of nitrogens with one attached hydrogen (secondary N) is 1. The summed E-state index contributed by atoms with van der Waals surface area (Å²) in [5.41, 5.74) is 1.27. The number of nitrogens with zero attached hydrogens (tertiary/aromatic N) is 1. The summed E-state index contributed by atoms with van der Waals surface area (Å²) in [6.45, 7) is 9.41. The Hall–Kier alpha value is -0.800. The van der Waals surface area contributed by atoms with Crippen LogP contribution in [0.1, 0.15) is 56.6 Å². The molecule has 1 aliphatic rings. The summed E-state index contributed by atoms with van der Waals surface area (Å²) in [7, 11) is 2.24. The molecular formula is C17H30N2O. The van der Waals surface area contributed by atoms with Gasteiger partial charge in [-0.2, -0.15) is 0 Å². The lowest BCUT2D eigenvalue weighted by Crippen LogP contribution is -2.38. The van der Waals surface area contributed by atoms with Crippen LogP contribution in [0.2, 0.25) is 0 Å². The van der Waals surface area contributed by atoms with Crippen molar-refractivity contribution in [2.45, 2.75) is 65.6 Å². The van der Waals surface area contributed by atoms with E-state index in [0.29, 0.717) is 6.04 Å². The Kier molecular flexibility index (Phi) is 5.67. The van der Waals surface area contributed by atoms with Crippen LogP contribution in [0.25, 0.3) is 0 Å². The highest BCUT2D eigenvalue weighted by molar-refractivity contribution is 5.20. The fraction of sp³-hybridized carbons (Fsp3) is 0.765. The monoisotopic (exact) mass is 278 g/mol. The van der Waals surface area contributed by atoms with E-state index in [2.05, 4.69) is 44.1 Å². The lowest BCUT2D eigenvalue weighted by atomic mass is 9.85. The van der Waals surface area contributed by atoms with Crippen LogP contribution >= 0.6 is 0 Å². The highest BCUT2D eigenvalue weighted by atomic mass is 16.3. The van der Waals surface area contributed by atoms with Gasteiger partial charge in [0, 0.05) is 6.04 Å². The summed E-state index contributed by atoms with van der Waals surface area (Å²) in [5, 5.41) is 3.34. The average molecular weight is 278 g/mol. The fourth-order valence-corrected chi connectivity index (χ4v) is 3.40. The van der Waals surface area contributed by atoms with Crippen molar-refractivity contribution in [1.82, 2.24) is 10.2 Å². The van der Waals surface area contributed by atoms with Gasteiger partial charge >= 0.3 is 0 Å². The third kappa shape index (κ3) is 3.86. The summed E-state index contributed by atoms with van der Waals surface area (Å²) in [6.07, 6.45) is 5.49. The molecule has 2 rings (SSSR count). The van der Waals surface area contributed by atoms with Gasteiger partial charge in [-0.15, -0.1) is 0 Å². The van der Waals surface area contributed by atoms with Crippen molar-refractivity contribution >= 4 is 0 Å². The zero-order valence-corrected chi connectivity index (χ0v) is 13.5. The molecule has 1 aliphatic carbocycles. The minimum absolute atomic E-state index is 0.714. The molecule has 0 saturated heterocycles. The van der Waals surface area contributed by atoms with Gasteiger partial charge in [-0.1, -0.05) is 26.7 Å². The molecule has 0 aliphatic heterocycles. The lowest BCUT2D eigenvalue weighted by molar-refractivity contribution is 0.125. The van der Waals surface area contributed by atoms with Crippen LogP contribution in [-0.4, -0.2) is 24.5 Å². The van der Waals surface area contributed by atoms with Gasteiger partial charge in [0.25, 0.3) is 0 Å². The molecule has 1 saturated carbocycles. The number of hydrogen-bond acceptors (Lipinski definition) is 3. The zero-order chi connectivity index (χ0) is 14.5. The van der Waals surface area contributed by atoms with Crippen molar-refractivity contribution in [2.24, 2.45) is 5.92 Å². The Morgan fingerprint density at radius 3 is 2.80 bits per heavy atom. The molecule has 1 heterocycles. The predicted molar refractivity (Wildman–Crippen MR) is 83.7 cm³/mol. The smallest absolute Gasteiger partial charge is 0.120 e. The fourth-order valence-electron chi connectivity index (χ4n) is 3.40. The van der Waals surface area contributed by atoms with Gasteiger partial charge in [0.15, 0.2) is 0 Å². The van der Waals surface area contributed by atoms with Crippen molar-refractivity contribution in [3.63, 3.8) is 0 Å². The molecular weight excluding hydrogens is 248 g/mol. The van der Waals surface area contributed by atoms with E-state index >= 15 is 0 Å². The van der Waals surface area contributed by atoms with Gasteiger partial charge in [-0.05, 0) is 50.9 Å². The Balaban J connectivity index is 1.95. The predicted octanol–water partition coefficient (Wildman–Crippen LogP) is 3.71. The summed E-state index contributed by atoms with van der Waals surface area (Å²) >= 11 is 0. The second-order valence-electron chi connectivity index (χ2n) is 6.34. The third-order valence-corrected chi connectivity index (χ3v) is 4.64. The average Bonchev–Trinajstić information content (AvgIpc) is 2.76. The van der Waals surface area contributed by atoms with Crippen molar-refractivity contribution in [3.05, 3.63) is 23.2 Å². The molecule has 3 heteroatoms. The molecule has 1 fully saturated rings. The van der Waals surface area contributed by atoms with Gasteiger partial charge in [-0.3, -0.25) is 4.90 Å². The number of furan rings is 1. The van der Waals surface area contributed by atoms with E-state index in [1.54, 1.807) is 0 Å². The summed E-state index contributed by atoms with van der Waals surface area (Å²) in [4.78, 5) is 2.49. The van der Waals surface area contributed by atoms with E-state index in [9.17, 15) is 0 Å². The Morgan fingerprint density at radius 1 is 1.35 bits per heavy atom. The Labute approximate surface area is 123 Å². The van der Waals surface area contributed by atoms with Crippen molar-refractivity contribution in [2.75, 3.05) is 13.6 Å². The van der Waals surface area contributed by atoms with Gasteiger partial charge in [0.2, 0.25) is 0 Å². The Morgan fingerprint density at radius 2 is 2.10 bits per heavy atom. The molecule has 2 atom stereocenters. The number of aryl methyl sites for hydroxylation is 1. The molecule has 20 heavy (non-hydrogen) atoms. The van der Waals surface area contributed by atoms with Crippen LogP contribution in [0.15, 0.2) is 10.5 Å². The number of rotatable bonds is 6. The van der Waals surface area contributed by atoms with Crippen LogP contribution < -0.4 is 5.32 Å². The first-order valence-electron chi connectivity index (χ1n) is 8.11. The standard InChI is InChI=1S/C17H30N2O/c1-5-18-11-17-14(3)10-15(20-17)12-19(4)16-9-7-6-8-13(16)2/h10,13,16,18H,5-9,11-12H2,1-4H3. The summed E-state index contributed by atoms with van der Waals surface area (Å²) in [6, 6.07) is 2.92. The van der Waals surface area contributed by atoms with E-state index in [4.69, 9.17) is 4.42 Å². The van der Waals surface area contributed by atoms with Gasteiger partial charge in [0.1, 0.15) is 11.5 Å². The lowest BCUT2D eigenvalue weighted by Gasteiger charge is -2.35. The molecule has 3 nitrogen and oxygen atoms in total. The molecule has 0 amide bonds. The molecule has 1 aromatic heterocycles. The zero-order valence-electron chi connectivity index (χ0n) is 13.5. The molecule has 0 spiro atoms. The van der Waals surface area contributed by atoms with Crippen LogP contribution in [-0.2, 0) is 13.1 Å². The van der Waals surface area contributed by atoms with Crippen LogP contribution in [0, 0.1) is 12.8 Å². The largest absolute Gasteiger partial charge is 0.463 e. The summed E-state index contributed by atoms with van der Waals surface area (Å²) < 4.78 is 6.01. The molecule has 1 aromatic rings. The molecule has 0 bridgehead atoms. The van der Waals surface area contributed by atoms with E-state index in [1.165, 1.54) is 31.2 Å². The van der Waals surface area contributed by atoms with Gasteiger partial charge in [0.05, 0.1) is 13.1 Å². The maximum atomic E-state index is 6.01. The van der Waals surface area contributed by atoms with E-state index in [0.717, 1.165) is 37.1 Å². The molecule has 0 aromatic carbocycles. The second-order valence-corrected chi connectivity index (χ2v) is 6.34. The first-order chi connectivity index (χ1) is 9.61. The topological polar surface area (TPSA) is 28.4 Å². The summed E-state index contributed by atoms with van der Waals surface area (Å²) in [5.74, 6) is 3.01. The van der Waals surface area contributed by atoms with Gasteiger partial charge in [-0.25, -0.2) is 0 Å². The molecule has 0 radical (unpaired) electrons. The highest BCUT2D eigenvalue weighted by Crippen LogP contribution is 2.28. The van der Waals surface area contributed by atoms with E-state index < -0.39 is 0 Å². The maximum absolute atomic E-state index is 6.01. The quantitative estimate of drug-likeness (QED) is 0.860. The molecule has 1 N–H and O–H groups in total. The van der Waals surface area contributed by atoms with Crippen molar-refractivity contribution < 1.29 is 4.42 Å². The third-order valence-electron chi connectivity index (χ3n) is 4.64. The first kappa shape index (κ1) is 15.6. The first-order valence-corrected chi connectivity index (χ1v) is 8.11. The SMILES string of the molecule is CCNCc1oc(CN(C)C2CCCCC2C)cc1C. The molecule has 2 unspecified atom stereocenters. The van der Waals surface area contributed by atoms with Crippen LogP contribution in [0.4, 0.5) is 0 Å². The van der Waals surface area contributed by atoms with Crippen molar-refractivity contribution in [3.8, 4) is 0 Å². The normalized spacial score (nSPS) is 23.4. The van der Waals surface area contributed by atoms with Crippen LogP contribution in [0.5, 0.6) is 0 Å². The maximum Gasteiger partial charge on any atom is 0.120 e. The Bertz CT molecular complexity index is 413. The minimum atomic E-state index is 0.714. The van der Waals surface area contributed by atoms with Crippen LogP contribution in [0.3, 0.4) is 0 Å². The number of hydrogen-bond donors (Lipinski definition) is 1. The van der Waals surface area contributed by atoms with Crippen molar-refractivity contribution in [1.29, 1.82) is 0 Å². The molecule has 114 valence electrons. The van der Waals surface area contributed by atoms with Gasteiger partial charge < -0.3 is 9.73 Å². The minimum Gasteiger partial charge on any atom is -0.463 e. The van der Waals surface area contributed by atoms with E-state index in [1.807, 2.05) is 0 Å². The second kappa shape index (κ2) is 7.28. The van der Waals surface area contributed by atoms with E-state index in [-0.39, 0.29) is 0 Å².